The number of nitrogens with one attached hydrogen (secondary N) is 1. The van der Waals surface area contributed by atoms with E-state index in [1.54, 1.807) is 0 Å². The quantitative estimate of drug-likeness (QED) is 0.332. The van der Waals surface area contributed by atoms with Crippen molar-refractivity contribution in [1.29, 1.82) is 0 Å². The van der Waals surface area contributed by atoms with Crippen LogP contribution in [0.25, 0.3) is 11.3 Å². The average molecular weight is 430 g/mol. The maximum atomic E-state index is 4.85. The van der Waals surface area contributed by atoms with Crippen molar-refractivity contribution in [2.24, 2.45) is 32.1 Å². The van der Waals surface area contributed by atoms with Gasteiger partial charge in [0.2, 0.25) is 5.13 Å². The van der Waals surface area contributed by atoms with Crippen LogP contribution in [-0.2, 0) is 0 Å². The Hall–Kier alpha value is -2.86. The normalized spacial score (nSPS) is 25.5. The molecule has 158 valence electrons. The Morgan fingerprint density at radius 1 is 0.968 bits per heavy atom. The predicted molar refractivity (Wildman–Crippen MR) is 128 cm³/mol. The Bertz CT molecular complexity index is 1130. The van der Waals surface area contributed by atoms with E-state index < -0.39 is 0 Å². The van der Waals surface area contributed by atoms with Gasteiger partial charge < -0.3 is 0 Å². The number of thiazole rings is 1. The summed E-state index contributed by atoms with van der Waals surface area (Å²) < 4.78 is 0. The van der Waals surface area contributed by atoms with Crippen molar-refractivity contribution in [2.45, 2.75) is 40.0 Å². The number of hydrazone groups is 1. The maximum absolute atomic E-state index is 4.85. The summed E-state index contributed by atoms with van der Waals surface area (Å²) in [5.41, 5.74) is 7.68. The molecule has 1 aromatic heterocycles. The molecular weight excluding hydrogens is 402 g/mol. The molecule has 2 bridgehead atoms. The van der Waals surface area contributed by atoms with E-state index in [9.17, 15) is 0 Å². The Morgan fingerprint density at radius 2 is 1.68 bits per heavy atom. The van der Waals surface area contributed by atoms with Crippen molar-refractivity contribution < 1.29 is 0 Å². The number of hydrogen-bond donors (Lipinski definition) is 1. The van der Waals surface area contributed by atoms with E-state index in [1.165, 1.54) is 29.9 Å². The molecule has 0 radical (unpaired) electrons. The van der Waals surface area contributed by atoms with Crippen LogP contribution in [-0.4, -0.2) is 10.7 Å². The van der Waals surface area contributed by atoms with Crippen LogP contribution in [0, 0.1) is 16.7 Å². The van der Waals surface area contributed by atoms with Gasteiger partial charge in [0.05, 0.1) is 5.69 Å². The molecule has 2 saturated carbocycles. The van der Waals surface area contributed by atoms with E-state index in [2.05, 4.69) is 36.4 Å². The highest BCUT2D eigenvalue weighted by molar-refractivity contribution is 7.19. The lowest BCUT2D eigenvalue weighted by atomic mass is 9.70. The molecule has 3 aromatic rings. The molecule has 1 heterocycles. The third-order valence-corrected chi connectivity index (χ3v) is 8.31. The standard InChI is InChI=1S/C25H27N5S/c1-24(2)18-14-15-25(24,3)20(16-18)28-30-23-26-21(17-10-6-4-7-11-17)22(31-23)29-27-19-12-8-5-9-13-19/h4-13,18H,14-16H2,1-3H3,(H,26,30)/b28-20+,29-27?. The van der Waals surface area contributed by atoms with E-state index in [0.717, 1.165) is 39.4 Å². The Morgan fingerprint density at radius 3 is 2.32 bits per heavy atom. The monoisotopic (exact) mass is 429 g/mol. The average Bonchev–Trinajstić information content (AvgIpc) is 3.36. The second kappa shape index (κ2) is 7.68. The second-order valence-corrected chi connectivity index (χ2v) is 10.2. The minimum Gasteiger partial charge on any atom is -0.253 e. The van der Waals surface area contributed by atoms with Crippen LogP contribution in [0.3, 0.4) is 0 Å². The zero-order valence-electron chi connectivity index (χ0n) is 18.2. The molecule has 0 spiro atoms. The summed E-state index contributed by atoms with van der Waals surface area (Å²) in [5, 5.41) is 15.3. The van der Waals surface area contributed by atoms with E-state index >= 15 is 0 Å². The minimum absolute atomic E-state index is 0.167. The van der Waals surface area contributed by atoms with Crippen LogP contribution >= 0.6 is 11.3 Å². The molecule has 6 heteroatoms. The van der Waals surface area contributed by atoms with Crippen molar-refractivity contribution in [3.05, 3.63) is 60.7 Å². The number of nitrogens with zero attached hydrogens (tertiary/aromatic N) is 4. The van der Waals surface area contributed by atoms with Crippen molar-refractivity contribution in [3.63, 3.8) is 0 Å². The second-order valence-electron chi connectivity index (χ2n) is 9.24. The topological polar surface area (TPSA) is 62.0 Å². The summed E-state index contributed by atoms with van der Waals surface area (Å²) >= 11 is 1.49. The Kier molecular flexibility index (Phi) is 4.97. The first kappa shape index (κ1) is 20.1. The van der Waals surface area contributed by atoms with Gasteiger partial charge in [0, 0.05) is 16.7 Å². The molecule has 2 unspecified atom stereocenters. The zero-order chi connectivity index (χ0) is 21.5. The molecule has 2 atom stereocenters. The van der Waals surface area contributed by atoms with Crippen molar-refractivity contribution in [2.75, 3.05) is 5.43 Å². The molecule has 5 rings (SSSR count). The van der Waals surface area contributed by atoms with Crippen LogP contribution in [0.2, 0.25) is 0 Å². The highest BCUT2D eigenvalue weighted by Crippen LogP contribution is 2.64. The number of fused-ring (bicyclic) bond motifs is 2. The van der Waals surface area contributed by atoms with Crippen molar-refractivity contribution >= 4 is 32.9 Å². The molecule has 31 heavy (non-hydrogen) atoms. The lowest BCUT2D eigenvalue weighted by Gasteiger charge is -2.34. The van der Waals surface area contributed by atoms with Gasteiger partial charge >= 0.3 is 0 Å². The lowest BCUT2D eigenvalue weighted by molar-refractivity contribution is 0.194. The van der Waals surface area contributed by atoms with Crippen LogP contribution < -0.4 is 5.43 Å². The molecule has 0 amide bonds. The first-order chi connectivity index (χ1) is 15.0. The Balaban J connectivity index is 1.45. The van der Waals surface area contributed by atoms with Crippen LogP contribution in [0.1, 0.15) is 40.0 Å². The van der Waals surface area contributed by atoms with Gasteiger partial charge in [-0.05, 0) is 42.7 Å². The lowest BCUT2D eigenvalue weighted by Crippen LogP contribution is -2.32. The largest absolute Gasteiger partial charge is 0.253 e. The summed E-state index contributed by atoms with van der Waals surface area (Å²) in [4.78, 5) is 4.82. The summed E-state index contributed by atoms with van der Waals surface area (Å²) in [6.45, 7) is 7.16. The summed E-state index contributed by atoms with van der Waals surface area (Å²) in [6, 6.07) is 19.9. The number of benzene rings is 2. The van der Waals surface area contributed by atoms with Gasteiger partial charge in [-0.2, -0.15) is 5.10 Å². The van der Waals surface area contributed by atoms with E-state index in [1.807, 2.05) is 60.7 Å². The van der Waals surface area contributed by atoms with Crippen molar-refractivity contribution in [1.82, 2.24) is 4.98 Å². The number of hydrogen-bond acceptors (Lipinski definition) is 6. The van der Waals surface area contributed by atoms with Crippen LogP contribution in [0.5, 0.6) is 0 Å². The molecule has 1 N–H and O–H groups in total. The summed E-state index contributed by atoms with van der Waals surface area (Å²) in [5.74, 6) is 0.726. The van der Waals surface area contributed by atoms with E-state index in [4.69, 9.17) is 10.1 Å². The van der Waals surface area contributed by atoms with Gasteiger partial charge in [-0.3, -0.25) is 5.43 Å². The highest BCUT2D eigenvalue weighted by atomic mass is 32.1. The molecule has 2 aliphatic carbocycles. The molecule has 2 aromatic carbocycles. The molecule has 2 fully saturated rings. The number of anilines is 1. The summed E-state index contributed by atoms with van der Waals surface area (Å²) in [7, 11) is 0. The van der Waals surface area contributed by atoms with E-state index in [0.29, 0.717) is 5.41 Å². The van der Waals surface area contributed by atoms with Gasteiger partial charge in [0.1, 0.15) is 5.69 Å². The Labute approximate surface area is 187 Å². The van der Waals surface area contributed by atoms with Gasteiger partial charge in [-0.15, -0.1) is 10.2 Å². The third kappa shape index (κ3) is 3.49. The van der Waals surface area contributed by atoms with Gasteiger partial charge in [0.25, 0.3) is 0 Å². The van der Waals surface area contributed by atoms with E-state index in [-0.39, 0.29) is 5.41 Å². The van der Waals surface area contributed by atoms with Crippen LogP contribution in [0.4, 0.5) is 15.8 Å². The molecule has 0 aliphatic heterocycles. The molecule has 2 aliphatic rings. The fourth-order valence-corrected chi connectivity index (χ4v) is 5.78. The molecule has 0 saturated heterocycles. The zero-order valence-corrected chi connectivity index (χ0v) is 19.0. The van der Waals surface area contributed by atoms with Gasteiger partial charge in [0.15, 0.2) is 5.00 Å². The maximum Gasteiger partial charge on any atom is 0.206 e. The van der Waals surface area contributed by atoms with Crippen molar-refractivity contribution in [3.8, 4) is 11.3 Å². The first-order valence-corrected chi connectivity index (χ1v) is 11.7. The number of aromatic nitrogens is 1. The van der Waals surface area contributed by atoms with Gasteiger partial charge in [-0.25, -0.2) is 4.98 Å². The van der Waals surface area contributed by atoms with Crippen LogP contribution in [0.15, 0.2) is 76.0 Å². The fourth-order valence-electron chi connectivity index (χ4n) is 5.02. The highest BCUT2D eigenvalue weighted by Gasteiger charge is 2.60. The molecule has 5 nitrogen and oxygen atoms in total. The predicted octanol–water partition coefficient (Wildman–Crippen LogP) is 7.84. The minimum atomic E-state index is 0.167. The fraction of sp³-hybridized carbons (Fsp3) is 0.360. The SMILES string of the molecule is CC12CCC(C/C1=N\Nc1nc(-c3ccccc3)c(N=Nc3ccccc3)s1)C2(C)C. The third-order valence-electron chi connectivity index (χ3n) is 7.47. The summed E-state index contributed by atoms with van der Waals surface area (Å²) in [6.07, 6.45) is 3.60. The van der Waals surface area contributed by atoms with Gasteiger partial charge in [-0.1, -0.05) is 80.6 Å². The molecular formula is C25H27N5S. The number of rotatable bonds is 5. The number of azo groups is 1. The smallest absolute Gasteiger partial charge is 0.206 e. The first-order valence-electron chi connectivity index (χ1n) is 10.8.